The van der Waals surface area contributed by atoms with Crippen LogP contribution in [0.5, 0.6) is 5.75 Å². The van der Waals surface area contributed by atoms with Crippen LogP contribution in [0.2, 0.25) is 0 Å². The number of carbonyl (C=O) groups is 2. The average molecular weight is 498 g/mol. The van der Waals surface area contributed by atoms with Gasteiger partial charge in [-0.15, -0.1) is 0 Å². The number of likely N-dealkylation sites (N-methyl/N-ethyl adjacent to an activating group) is 1. The topological polar surface area (TPSA) is 92.1 Å². The van der Waals surface area contributed by atoms with E-state index in [1.165, 1.54) is 0 Å². The second-order valence-electron chi connectivity index (χ2n) is 10.8. The second kappa shape index (κ2) is 11.6. The molecule has 3 atom stereocenters. The van der Waals surface area contributed by atoms with Crippen molar-refractivity contribution in [2.24, 2.45) is 5.41 Å². The summed E-state index contributed by atoms with van der Waals surface area (Å²) < 4.78 is 18.2. The monoisotopic (exact) mass is 497 g/mol. The quantitative estimate of drug-likeness (QED) is 0.587. The van der Waals surface area contributed by atoms with E-state index in [4.69, 9.17) is 14.2 Å². The molecule has 2 fully saturated rings. The number of ether oxygens (including phenoxy) is 3. The van der Waals surface area contributed by atoms with Crippen molar-refractivity contribution in [1.82, 2.24) is 9.80 Å². The number of nitriles is 1. The smallest absolute Gasteiger partial charge is 0.257 e. The van der Waals surface area contributed by atoms with Gasteiger partial charge in [0.25, 0.3) is 5.91 Å². The molecular weight excluding hydrogens is 458 g/mol. The standard InChI is InChI=1S/C28H39N3O5/c1-30-18-24-23(34-3)11-10-21(36-24)12-15-35-26-20(17-29)8-7-9-22(26)27(33)31(2)19-28(16-25(30)32)13-5-4-6-14-28/h7-9,21,23-24H,4-6,10-16,18-19H2,1-3H3/t21-,23-,24-/m1/s1. The van der Waals surface area contributed by atoms with E-state index in [9.17, 15) is 14.9 Å². The zero-order valence-corrected chi connectivity index (χ0v) is 21.8. The summed E-state index contributed by atoms with van der Waals surface area (Å²) in [6.07, 6.45) is 7.47. The highest BCUT2D eigenvalue weighted by molar-refractivity contribution is 5.97. The number of benzene rings is 1. The van der Waals surface area contributed by atoms with E-state index < -0.39 is 0 Å². The predicted octanol–water partition coefficient (Wildman–Crippen LogP) is 3.77. The van der Waals surface area contributed by atoms with E-state index in [2.05, 4.69) is 6.07 Å². The molecule has 4 rings (SSSR count). The first-order valence-corrected chi connectivity index (χ1v) is 13.2. The number of fused-ring (bicyclic) bond motifs is 3. The first-order valence-electron chi connectivity index (χ1n) is 13.2. The summed E-state index contributed by atoms with van der Waals surface area (Å²) in [5.74, 6) is 0.234. The molecule has 1 saturated heterocycles. The van der Waals surface area contributed by atoms with Crippen LogP contribution in [0.4, 0.5) is 0 Å². The van der Waals surface area contributed by atoms with Crippen molar-refractivity contribution in [3.05, 3.63) is 29.3 Å². The number of amides is 2. The largest absolute Gasteiger partial charge is 0.491 e. The lowest BCUT2D eigenvalue weighted by Crippen LogP contribution is -2.49. The van der Waals surface area contributed by atoms with Crippen LogP contribution in [0.25, 0.3) is 0 Å². The van der Waals surface area contributed by atoms with Crippen molar-refractivity contribution in [2.45, 2.75) is 76.1 Å². The zero-order chi connectivity index (χ0) is 25.7. The fourth-order valence-electron chi connectivity index (χ4n) is 6.12. The Morgan fingerprint density at radius 1 is 1.08 bits per heavy atom. The Kier molecular flexibility index (Phi) is 8.53. The second-order valence-corrected chi connectivity index (χ2v) is 10.8. The molecular formula is C28H39N3O5. The summed E-state index contributed by atoms with van der Waals surface area (Å²) in [5.41, 5.74) is 0.469. The van der Waals surface area contributed by atoms with E-state index in [0.717, 1.165) is 44.9 Å². The fourth-order valence-corrected chi connectivity index (χ4v) is 6.12. The Labute approximate surface area is 214 Å². The van der Waals surface area contributed by atoms with E-state index in [1.807, 2.05) is 7.05 Å². The molecule has 0 N–H and O–H groups in total. The summed E-state index contributed by atoms with van der Waals surface area (Å²) in [6.45, 7) is 1.29. The van der Waals surface area contributed by atoms with Crippen molar-refractivity contribution in [1.29, 1.82) is 5.26 Å². The van der Waals surface area contributed by atoms with Crippen molar-refractivity contribution in [3.63, 3.8) is 0 Å². The number of hydrogen-bond acceptors (Lipinski definition) is 6. The molecule has 1 aromatic rings. The molecule has 2 aliphatic heterocycles. The third-order valence-corrected chi connectivity index (χ3v) is 8.15. The van der Waals surface area contributed by atoms with E-state index >= 15 is 0 Å². The first kappa shape index (κ1) is 26.4. The van der Waals surface area contributed by atoms with Gasteiger partial charge in [0.2, 0.25) is 5.91 Å². The Morgan fingerprint density at radius 3 is 2.58 bits per heavy atom. The minimum absolute atomic E-state index is 0.0430. The summed E-state index contributed by atoms with van der Waals surface area (Å²) in [6, 6.07) is 7.30. The summed E-state index contributed by atoms with van der Waals surface area (Å²) >= 11 is 0. The van der Waals surface area contributed by atoms with Crippen LogP contribution < -0.4 is 4.74 Å². The third-order valence-electron chi connectivity index (χ3n) is 8.15. The fraction of sp³-hybridized carbons (Fsp3) is 0.679. The maximum absolute atomic E-state index is 13.6. The molecule has 1 saturated carbocycles. The van der Waals surface area contributed by atoms with Gasteiger partial charge in [-0.1, -0.05) is 25.3 Å². The van der Waals surface area contributed by atoms with Crippen LogP contribution in [-0.2, 0) is 14.3 Å². The van der Waals surface area contributed by atoms with Gasteiger partial charge in [0.15, 0.2) is 0 Å². The van der Waals surface area contributed by atoms with Crippen LogP contribution >= 0.6 is 0 Å². The van der Waals surface area contributed by atoms with Crippen molar-refractivity contribution >= 4 is 11.8 Å². The minimum atomic E-state index is -0.268. The molecule has 1 aromatic carbocycles. The first-order chi connectivity index (χ1) is 17.4. The van der Waals surface area contributed by atoms with Gasteiger partial charge in [-0.25, -0.2) is 0 Å². The van der Waals surface area contributed by atoms with E-state index in [0.29, 0.717) is 49.4 Å². The molecule has 2 bridgehead atoms. The molecule has 2 heterocycles. The van der Waals surface area contributed by atoms with Gasteiger partial charge in [-0.3, -0.25) is 9.59 Å². The number of carbonyl (C=O) groups excluding carboxylic acids is 2. The SMILES string of the molecule is CO[C@@H]1CC[C@@H]2CCOc3c(C#N)cccc3C(=O)N(C)CC3(CCCCC3)CC(=O)N(C)C[C@H]1O2. The molecule has 2 amide bonds. The molecule has 8 nitrogen and oxygen atoms in total. The zero-order valence-electron chi connectivity index (χ0n) is 21.8. The summed E-state index contributed by atoms with van der Waals surface area (Å²) in [7, 11) is 5.34. The number of methoxy groups -OCH3 is 1. The lowest BCUT2D eigenvalue weighted by Gasteiger charge is -2.42. The highest BCUT2D eigenvalue weighted by Gasteiger charge is 2.39. The van der Waals surface area contributed by atoms with Gasteiger partial charge in [-0.05, 0) is 43.2 Å². The van der Waals surface area contributed by atoms with Crippen LogP contribution in [-0.4, -0.2) is 80.8 Å². The summed E-state index contributed by atoms with van der Waals surface area (Å²) in [5, 5.41) is 9.70. The number of nitrogens with zero attached hydrogens (tertiary/aromatic N) is 3. The number of hydrogen-bond donors (Lipinski definition) is 0. The molecule has 0 unspecified atom stereocenters. The molecule has 1 aliphatic carbocycles. The Morgan fingerprint density at radius 2 is 1.86 bits per heavy atom. The van der Waals surface area contributed by atoms with Gasteiger partial charge in [-0.2, -0.15) is 5.26 Å². The highest BCUT2D eigenvalue weighted by atomic mass is 16.5. The predicted molar refractivity (Wildman–Crippen MR) is 135 cm³/mol. The highest BCUT2D eigenvalue weighted by Crippen LogP contribution is 2.41. The van der Waals surface area contributed by atoms with Gasteiger partial charge in [0.05, 0.1) is 29.9 Å². The van der Waals surface area contributed by atoms with Crippen molar-refractivity contribution in [2.75, 3.05) is 40.9 Å². The molecule has 0 aromatic heterocycles. The van der Waals surface area contributed by atoms with Crippen LogP contribution in [0.1, 0.15) is 73.7 Å². The lowest BCUT2D eigenvalue weighted by atomic mass is 9.71. The molecule has 1 spiro atoms. The van der Waals surface area contributed by atoms with E-state index in [1.54, 1.807) is 42.2 Å². The molecule has 0 radical (unpaired) electrons. The normalized spacial score (nSPS) is 27.8. The Balaban J connectivity index is 1.68. The van der Waals surface area contributed by atoms with Crippen LogP contribution in [0.15, 0.2) is 18.2 Å². The van der Waals surface area contributed by atoms with Crippen LogP contribution in [0, 0.1) is 16.7 Å². The van der Waals surface area contributed by atoms with Crippen molar-refractivity contribution < 1.29 is 23.8 Å². The average Bonchev–Trinajstić information content (AvgIpc) is 2.88. The van der Waals surface area contributed by atoms with Gasteiger partial charge in [0, 0.05) is 47.1 Å². The minimum Gasteiger partial charge on any atom is -0.491 e. The molecule has 36 heavy (non-hydrogen) atoms. The Bertz CT molecular complexity index is 984. The maximum atomic E-state index is 13.6. The number of rotatable bonds is 1. The van der Waals surface area contributed by atoms with E-state index in [-0.39, 0.29) is 35.5 Å². The molecule has 8 heteroatoms. The number of para-hydroxylation sites is 1. The lowest BCUT2D eigenvalue weighted by molar-refractivity contribution is -0.152. The molecule has 3 aliphatic rings. The maximum Gasteiger partial charge on any atom is 0.257 e. The Hall–Kier alpha value is -2.63. The van der Waals surface area contributed by atoms with Gasteiger partial charge in [0.1, 0.15) is 17.9 Å². The summed E-state index contributed by atoms with van der Waals surface area (Å²) in [4.78, 5) is 30.6. The van der Waals surface area contributed by atoms with Gasteiger partial charge < -0.3 is 24.0 Å². The van der Waals surface area contributed by atoms with Crippen molar-refractivity contribution in [3.8, 4) is 11.8 Å². The van der Waals surface area contributed by atoms with Gasteiger partial charge >= 0.3 is 0 Å². The third kappa shape index (κ3) is 5.84. The molecule has 196 valence electrons. The van der Waals surface area contributed by atoms with Crippen LogP contribution in [0.3, 0.4) is 0 Å².